The summed E-state index contributed by atoms with van der Waals surface area (Å²) in [6, 6.07) is 8.57. The van der Waals surface area contributed by atoms with Gasteiger partial charge in [0, 0.05) is 11.6 Å². The minimum atomic E-state index is -0.764. The topological polar surface area (TPSA) is 82.8 Å². The molecule has 1 heterocycles. The fraction of sp³-hybridized carbons (Fsp3) is 0.118. The first-order chi connectivity index (χ1) is 10.9. The summed E-state index contributed by atoms with van der Waals surface area (Å²) < 4.78 is 15.0. The van der Waals surface area contributed by atoms with Crippen molar-refractivity contribution in [1.29, 1.82) is 0 Å². The molecule has 0 amide bonds. The van der Waals surface area contributed by atoms with Crippen molar-refractivity contribution in [1.82, 2.24) is 0 Å². The first-order valence-electron chi connectivity index (χ1n) is 6.67. The third kappa shape index (κ3) is 4.16. The zero-order chi connectivity index (χ0) is 17.0. The molecule has 0 atom stereocenters. The molecule has 0 aliphatic heterocycles. The normalized spacial score (nSPS) is 10.0. The predicted molar refractivity (Wildman–Crippen MR) is 81.6 cm³/mol. The minimum absolute atomic E-state index is 0.0461. The maximum Gasteiger partial charge on any atom is 0.347 e. The number of carbonyl (C=O) groups is 2. The number of rotatable bonds is 4. The summed E-state index contributed by atoms with van der Waals surface area (Å²) in [5.74, 6) is -1.01. The van der Waals surface area contributed by atoms with Gasteiger partial charge in [-0.25, -0.2) is 14.4 Å². The fourth-order valence-corrected chi connectivity index (χ4v) is 1.71. The highest BCUT2D eigenvalue weighted by atomic mass is 16.6. The van der Waals surface area contributed by atoms with Crippen LogP contribution in [0.2, 0.25) is 0 Å². The van der Waals surface area contributed by atoms with Gasteiger partial charge < -0.3 is 13.9 Å². The Morgan fingerprint density at radius 1 is 1.13 bits per heavy atom. The van der Waals surface area contributed by atoms with Crippen molar-refractivity contribution in [3.8, 4) is 11.5 Å². The molecule has 1 aromatic carbocycles. The van der Waals surface area contributed by atoms with E-state index in [1.807, 2.05) is 0 Å². The van der Waals surface area contributed by atoms with Crippen LogP contribution >= 0.6 is 0 Å². The average Bonchev–Trinajstić information content (AvgIpc) is 2.46. The van der Waals surface area contributed by atoms with Gasteiger partial charge in [0.25, 0.3) is 0 Å². The van der Waals surface area contributed by atoms with Gasteiger partial charge in [0.15, 0.2) is 0 Å². The van der Waals surface area contributed by atoms with Crippen LogP contribution in [0.1, 0.15) is 23.0 Å². The van der Waals surface area contributed by atoms with Crippen LogP contribution in [-0.4, -0.2) is 11.9 Å². The Balaban J connectivity index is 2.27. The molecule has 2 rings (SSSR count). The largest absolute Gasteiger partial charge is 0.428 e. The number of ether oxygens (including phenoxy) is 2. The van der Waals surface area contributed by atoms with E-state index in [4.69, 9.17) is 13.9 Å². The van der Waals surface area contributed by atoms with Crippen molar-refractivity contribution >= 4 is 11.9 Å². The lowest BCUT2D eigenvalue weighted by Crippen LogP contribution is -2.15. The molecular weight excluding hydrogens is 300 g/mol. The molecule has 0 unspecified atom stereocenters. The van der Waals surface area contributed by atoms with Crippen LogP contribution in [0.4, 0.5) is 0 Å². The molecule has 0 N–H and O–H groups in total. The van der Waals surface area contributed by atoms with Crippen molar-refractivity contribution in [2.45, 2.75) is 13.8 Å². The van der Waals surface area contributed by atoms with E-state index in [0.29, 0.717) is 5.76 Å². The summed E-state index contributed by atoms with van der Waals surface area (Å²) in [5, 5.41) is 0. The molecule has 0 radical (unpaired) electrons. The summed E-state index contributed by atoms with van der Waals surface area (Å²) in [7, 11) is 0. The zero-order valence-electron chi connectivity index (χ0n) is 12.6. The molecule has 6 nitrogen and oxygen atoms in total. The van der Waals surface area contributed by atoms with Gasteiger partial charge in [0.05, 0.1) is 6.07 Å². The zero-order valence-corrected chi connectivity index (χ0v) is 12.6. The van der Waals surface area contributed by atoms with Gasteiger partial charge in [-0.05, 0) is 26.0 Å². The Kier molecular flexibility index (Phi) is 4.75. The van der Waals surface area contributed by atoms with E-state index >= 15 is 0 Å². The van der Waals surface area contributed by atoms with Gasteiger partial charge in [-0.15, -0.1) is 0 Å². The van der Waals surface area contributed by atoms with Crippen LogP contribution < -0.4 is 15.1 Å². The van der Waals surface area contributed by atoms with Crippen molar-refractivity contribution in [2.24, 2.45) is 0 Å². The van der Waals surface area contributed by atoms with Gasteiger partial charge >= 0.3 is 17.6 Å². The molecule has 23 heavy (non-hydrogen) atoms. The molecule has 0 saturated carbocycles. The summed E-state index contributed by atoms with van der Waals surface area (Å²) in [4.78, 5) is 35.1. The van der Waals surface area contributed by atoms with Gasteiger partial charge in [-0.1, -0.05) is 18.7 Å². The molecule has 0 bridgehead atoms. The second-order valence-electron chi connectivity index (χ2n) is 4.78. The lowest BCUT2D eigenvalue weighted by molar-refractivity contribution is -0.130. The summed E-state index contributed by atoms with van der Waals surface area (Å²) in [5.41, 5.74) is -0.382. The lowest BCUT2D eigenvalue weighted by Gasteiger charge is -2.09. The first-order valence-corrected chi connectivity index (χ1v) is 6.67. The predicted octanol–water partition coefficient (Wildman–Crippen LogP) is 2.65. The average molecular weight is 314 g/mol. The minimum Gasteiger partial charge on any atom is -0.428 e. The molecule has 118 valence electrons. The van der Waals surface area contributed by atoms with Crippen molar-refractivity contribution in [2.75, 3.05) is 0 Å². The van der Waals surface area contributed by atoms with E-state index in [9.17, 15) is 14.4 Å². The van der Waals surface area contributed by atoms with Gasteiger partial charge in [-0.2, -0.15) is 0 Å². The van der Waals surface area contributed by atoms with Crippen LogP contribution in [-0.2, 0) is 4.79 Å². The number of carbonyl (C=O) groups excluding carboxylic acids is 2. The molecular formula is C17H14O6. The first kappa shape index (κ1) is 16.2. The molecule has 1 aromatic heterocycles. The van der Waals surface area contributed by atoms with Crippen LogP contribution in [0.5, 0.6) is 11.5 Å². The van der Waals surface area contributed by atoms with Crippen molar-refractivity contribution in [3.05, 3.63) is 70.3 Å². The highest BCUT2D eigenvalue weighted by Crippen LogP contribution is 2.21. The van der Waals surface area contributed by atoms with Crippen molar-refractivity contribution < 1.29 is 23.5 Å². The van der Waals surface area contributed by atoms with E-state index in [1.54, 1.807) is 19.1 Å². The van der Waals surface area contributed by atoms with Gasteiger partial charge in [0.1, 0.15) is 22.8 Å². The summed E-state index contributed by atoms with van der Waals surface area (Å²) >= 11 is 0. The van der Waals surface area contributed by atoms with Gasteiger partial charge in [0.2, 0.25) is 0 Å². The third-order valence-electron chi connectivity index (χ3n) is 2.74. The fourth-order valence-electron chi connectivity index (χ4n) is 1.71. The van der Waals surface area contributed by atoms with Crippen LogP contribution in [0.15, 0.2) is 57.8 Å². The number of esters is 2. The second-order valence-corrected chi connectivity index (χ2v) is 4.78. The van der Waals surface area contributed by atoms with Gasteiger partial charge in [-0.3, -0.25) is 0 Å². The molecule has 0 aliphatic rings. The Hall–Kier alpha value is -3.15. The standard InChI is InChI=1S/C17H14O6/c1-10(2)16(19)23-14-7-5-4-6-13(14)17(20)22-12-8-11(3)21-15(18)9-12/h4-9H,1H2,2-3H3. The van der Waals surface area contributed by atoms with E-state index < -0.39 is 17.6 Å². The molecule has 6 heteroatoms. The molecule has 0 fully saturated rings. The Labute approximate surface area is 132 Å². The number of benzene rings is 1. The van der Waals surface area contributed by atoms with E-state index in [0.717, 1.165) is 6.07 Å². The maximum atomic E-state index is 12.2. The number of hydrogen-bond acceptors (Lipinski definition) is 6. The third-order valence-corrected chi connectivity index (χ3v) is 2.74. The highest BCUT2D eigenvalue weighted by molar-refractivity contribution is 5.96. The molecule has 2 aromatic rings. The number of hydrogen-bond donors (Lipinski definition) is 0. The van der Waals surface area contributed by atoms with Crippen LogP contribution in [0.25, 0.3) is 0 Å². The lowest BCUT2D eigenvalue weighted by atomic mass is 10.2. The molecule has 0 spiro atoms. The number of aryl methyl sites for hydroxylation is 1. The molecule has 0 aliphatic carbocycles. The molecule has 0 saturated heterocycles. The van der Waals surface area contributed by atoms with Crippen LogP contribution in [0.3, 0.4) is 0 Å². The number of para-hydroxylation sites is 1. The maximum absolute atomic E-state index is 12.2. The van der Waals surface area contributed by atoms with E-state index in [1.165, 1.54) is 25.1 Å². The summed E-state index contributed by atoms with van der Waals surface area (Å²) in [6.07, 6.45) is 0. The Morgan fingerprint density at radius 2 is 1.83 bits per heavy atom. The van der Waals surface area contributed by atoms with E-state index in [-0.39, 0.29) is 22.6 Å². The summed E-state index contributed by atoms with van der Waals surface area (Å²) in [6.45, 7) is 6.53. The highest BCUT2D eigenvalue weighted by Gasteiger charge is 2.17. The quantitative estimate of drug-likeness (QED) is 0.490. The second kappa shape index (κ2) is 6.74. The van der Waals surface area contributed by atoms with Crippen molar-refractivity contribution in [3.63, 3.8) is 0 Å². The smallest absolute Gasteiger partial charge is 0.347 e. The van der Waals surface area contributed by atoms with Crippen LogP contribution in [0, 0.1) is 6.92 Å². The van der Waals surface area contributed by atoms with E-state index in [2.05, 4.69) is 6.58 Å². The monoisotopic (exact) mass is 314 g/mol. The SMILES string of the molecule is C=C(C)C(=O)Oc1ccccc1C(=O)Oc1cc(C)oc(=O)c1. The Bertz CT molecular complexity index is 831. The Morgan fingerprint density at radius 3 is 2.48 bits per heavy atom.